The van der Waals surface area contributed by atoms with Crippen LogP contribution in [0, 0.1) is 0 Å². The van der Waals surface area contributed by atoms with Crippen LogP contribution in [-0.2, 0) is 0 Å². The van der Waals surface area contributed by atoms with Gasteiger partial charge in [-0.25, -0.2) is 4.52 Å². The predicted molar refractivity (Wildman–Crippen MR) is 76.2 cm³/mol. The molecular weight excluding hydrogens is 244 g/mol. The number of nitrogens with one attached hydrogen (secondary N) is 1. The maximum atomic E-state index is 4.51. The monoisotopic (exact) mass is 262 g/mol. The molecule has 0 radical (unpaired) electrons. The van der Waals surface area contributed by atoms with Crippen molar-refractivity contribution < 1.29 is 0 Å². The largest absolute Gasteiger partial charge is 0.349 e. The van der Waals surface area contributed by atoms with Gasteiger partial charge >= 0.3 is 0 Å². The fraction of sp³-hybridized carbons (Fsp3) is 0.538. The topological polar surface area (TPSA) is 42.2 Å². The number of rotatable bonds is 3. The second-order valence-electron chi connectivity index (χ2n) is 4.75. The van der Waals surface area contributed by atoms with E-state index in [-0.39, 0.29) is 0 Å². The molecule has 0 saturated heterocycles. The van der Waals surface area contributed by atoms with Crippen molar-refractivity contribution in [1.82, 2.24) is 14.6 Å². The van der Waals surface area contributed by atoms with E-state index in [0.29, 0.717) is 11.3 Å². The van der Waals surface area contributed by atoms with Gasteiger partial charge in [0.1, 0.15) is 0 Å². The van der Waals surface area contributed by atoms with Gasteiger partial charge in [0, 0.05) is 17.5 Å². The first-order chi connectivity index (χ1) is 8.86. The lowest BCUT2D eigenvalue weighted by atomic mass is 9.95. The zero-order chi connectivity index (χ0) is 12.4. The predicted octanol–water partition coefficient (Wildman–Crippen LogP) is 2.82. The van der Waals surface area contributed by atoms with Crippen molar-refractivity contribution in [2.75, 3.05) is 11.6 Å². The van der Waals surface area contributed by atoms with Gasteiger partial charge in [0.15, 0.2) is 5.65 Å². The fourth-order valence-corrected chi connectivity index (χ4v) is 3.54. The maximum absolute atomic E-state index is 4.51. The smallest absolute Gasteiger partial charge is 0.243 e. The molecule has 2 unspecified atom stereocenters. The molecular formula is C13H18N4S. The zero-order valence-corrected chi connectivity index (χ0v) is 11.4. The second-order valence-corrected chi connectivity index (χ2v) is 5.83. The van der Waals surface area contributed by atoms with Crippen molar-refractivity contribution in [3.8, 4) is 0 Å². The summed E-state index contributed by atoms with van der Waals surface area (Å²) in [6, 6.07) is 6.44. The standard InChI is InChI=1S/C13H18N4S/c1-18-11-7-3-2-6-10(11)14-13-15-12-8-4-5-9-17(12)16-13/h4-5,8-11H,2-3,6-7H2,1H3,(H,14,16). The number of hydrogen-bond donors (Lipinski definition) is 1. The van der Waals surface area contributed by atoms with Gasteiger partial charge in [0.05, 0.1) is 0 Å². The number of thioether (sulfide) groups is 1. The molecule has 1 N–H and O–H groups in total. The van der Waals surface area contributed by atoms with Gasteiger partial charge in [-0.2, -0.15) is 16.7 Å². The molecule has 2 atom stereocenters. The summed E-state index contributed by atoms with van der Waals surface area (Å²) in [5.41, 5.74) is 0.900. The molecule has 18 heavy (non-hydrogen) atoms. The van der Waals surface area contributed by atoms with Gasteiger partial charge in [-0.3, -0.25) is 0 Å². The average Bonchev–Trinajstić information content (AvgIpc) is 2.81. The number of nitrogens with zero attached hydrogens (tertiary/aromatic N) is 3. The van der Waals surface area contributed by atoms with E-state index >= 15 is 0 Å². The number of aromatic nitrogens is 3. The lowest BCUT2D eigenvalue weighted by Gasteiger charge is -2.30. The molecule has 1 fully saturated rings. The van der Waals surface area contributed by atoms with Crippen LogP contribution in [0.15, 0.2) is 24.4 Å². The molecule has 2 aromatic heterocycles. The molecule has 1 saturated carbocycles. The molecule has 0 aromatic carbocycles. The molecule has 1 aliphatic rings. The Labute approximate surface area is 111 Å². The Bertz CT molecular complexity index is 491. The summed E-state index contributed by atoms with van der Waals surface area (Å²) in [4.78, 5) is 4.51. The molecule has 1 aliphatic carbocycles. The molecule has 0 amide bonds. The van der Waals surface area contributed by atoms with Crippen LogP contribution in [0.5, 0.6) is 0 Å². The van der Waals surface area contributed by atoms with Crippen LogP contribution in [0.2, 0.25) is 0 Å². The summed E-state index contributed by atoms with van der Waals surface area (Å²) in [5.74, 6) is 0.757. The van der Waals surface area contributed by atoms with Crippen molar-refractivity contribution in [2.24, 2.45) is 0 Å². The highest BCUT2D eigenvalue weighted by atomic mass is 32.2. The summed E-state index contributed by atoms with van der Waals surface area (Å²) < 4.78 is 1.82. The number of anilines is 1. The van der Waals surface area contributed by atoms with Crippen LogP contribution < -0.4 is 5.32 Å². The minimum Gasteiger partial charge on any atom is -0.349 e. The van der Waals surface area contributed by atoms with Gasteiger partial charge in [-0.1, -0.05) is 18.9 Å². The quantitative estimate of drug-likeness (QED) is 0.923. The fourth-order valence-electron chi connectivity index (χ4n) is 2.60. The van der Waals surface area contributed by atoms with E-state index in [1.165, 1.54) is 25.7 Å². The highest BCUT2D eigenvalue weighted by Crippen LogP contribution is 2.28. The minimum absolute atomic E-state index is 0.506. The van der Waals surface area contributed by atoms with E-state index in [1.807, 2.05) is 40.7 Å². The zero-order valence-electron chi connectivity index (χ0n) is 10.5. The average molecular weight is 262 g/mol. The molecule has 5 heteroatoms. The van der Waals surface area contributed by atoms with Crippen LogP contribution >= 0.6 is 11.8 Å². The summed E-state index contributed by atoms with van der Waals surface area (Å²) >= 11 is 1.96. The second kappa shape index (κ2) is 5.18. The Morgan fingerprint density at radius 1 is 1.33 bits per heavy atom. The number of pyridine rings is 1. The van der Waals surface area contributed by atoms with Crippen molar-refractivity contribution in [2.45, 2.75) is 37.0 Å². The van der Waals surface area contributed by atoms with E-state index in [2.05, 4.69) is 21.7 Å². The van der Waals surface area contributed by atoms with Crippen molar-refractivity contribution in [3.63, 3.8) is 0 Å². The van der Waals surface area contributed by atoms with Crippen LogP contribution in [-0.4, -0.2) is 32.1 Å². The summed E-state index contributed by atoms with van der Waals surface area (Å²) in [6.45, 7) is 0. The van der Waals surface area contributed by atoms with Gasteiger partial charge in [-0.15, -0.1) is 5.10 Å². The first kappa shape index (κ1) is 11.8. The van der Waals surface area contributed by atoms with E-state index in [9.17, 15) is 0 Å². The lowest BCUT2D eigenvalue weighted by molar-refractivity contribution is 0.473. The third kappa shape index (κ3) is 2.32. The minimum atomic E-state index is 0.506. The van der Waals surface area contributed by atoms with Gasteiger partial charge in [-0.05, 0) is 31.2 Å². The first-order valence-electron chi connectivity index (χ1n) is 6.47. The van der Waals surface area contributed by atoms with Crippen molar-refractivity contribution in [3.05, 3.63) is 24.4 Å². The third-order valence-electron chi connectivity index (χ3n) is 3.56. The van der Waals surface area contributed by atoms with E-state index in [0.717, 1.165) is 11.6 Å². The lowest BCUT2D eigenvalue weighted by Crippen LogP contribution is -2.34. The van der Waals surface area contributed by atoms with E-state index < -0.39 is 0 Å². The molecule has 2 heterocycles. The Morgan fingerprint density at radius 3 is 3.06 bits per heavy atom. The molecule has 0 spiro atoms. The van der Waals surface area contributed by atoms with Gasteiger partial charge in [0.2, 0.25) is 5.95 Å². The van der Waals surface area contributed by atoms with E-state index in [1.54, 1.807) is 0 Å². The third-order valence-corrected chi connectivity index (χ3v) is 4.73. The van der Waals surface area contributed by atoms with Gasteiger partial charge < -0.3 is 5.32 Å². The molecule has 96 valence electrons. The molecule has 4 nitrogen and oxygen atoms in total. The summed E-state index contributed by atoms with van der Waals surface area (Å²) in [5, 5.41) is 8.65. The molecule has 0 aliphatic heterocycles. The Kier molecular flexibility index (Phi) is 3.41. The number of hydrogen-bond acceptors (Lipinski definition) is 4. The van der Waals surface area contributed by atoms with Crippen LogP contribution in [0.1, 0.15) is 25.7 Å². The Morgan fingerprint density at radius 2 is 2.22 bits per heavy atom. The molecule has 3 rings (SSSR count). The SMILES string of the molecule is CSC1CCCCC1Nc1nc2ccccn2n1. The summed E-state index contributed by atoms with van der Waals surface area (Å²) in [6.07, 6.45) is 9.31. The normalized spacial score (nSPS) is 24.3. The van der Waals surface area contributed by atoms with Crippen molar-refractivity contribution >= 4 is 23.4 Å². The molecule has 0 bridgehead atoms. The number of fused-ring (bicyclic) bond motifs is 1. The first-order valence-corrected chi connectivity index (χ1v) is 7.76. The van der Waals surface area contributed by atoms with Crippen LogP contribution in [0.25, 0.3) is 5.65 Å². The Hall–Kier alpha value is -1.23. The van der Waals surface area contributed by atoms with Crippen molar-refractivity contribution in [1.29, 1.82) is 0 Å². The van der Waals surface area contributed by atoms with Crippen LogP contribution in [0.4, 0.5) is 5.95 Å². The summed E-state index contributed by atoms with van der Waals surface area (Å²) in [7, 11) is 0. The van der Waals surface area contributed by atoms with Crippen LogP contribution in [0.3, 0.4) is 0 Å². The highest BCUT2D eigenvalue weighted by molar-refractivity contribution is 7.99. The Balaban J connectivity index is 1.78. The highest BCUT2D eigenvalue weighted by Gasteiger charge is 2.25. The van der Waals surface area contributed by atoms with Gasteiger partial charge in [0.25, 0.3) is 0 Å². The van der Waals surface area contributed by atoms with E-state index in [4.69, 9.17) is 0 Å². The molecule has 2 aromatic rings. The maximum Gasteiger partial charge on any atom is 0.243 e.